The first-order valence-electron chi connectivity index (χ1n) is 6.68. The van der Waals surface area contributed by atoms with Crippen LogP contribution in [0.25, 0.3) is 0 Å². The van der Waals surface area contributed by atoms with Crippen molar-refractivity contribution in [3.63, 3.8) is 0 Å². The zero-order valence-corrected chi connectivity index (χ0v) is 12.2. The van der Waals surface area contributed by atoms with Crippen LogP contribution in [-0.4, -0.2) is 34.3 Å². The molecule has 2 aromatic rings. The fourth-order valence-electron chi connectivity index (χ4n) is 2.12. The monoisotopic (exact) mass is 288 g/mol. The number of phenols is 3. The van der Waals surface area contributed by atoms with Crippen molar-refractivity contribution < 1.29 is 15.3 Å². The summed E-state index contributed by atoms with van der Waals surface area (Å²) in [7, 11) is 4.00. The van der Waals surface area contributed by atoms with Crippen LogP contribution in [0.5, 0.6) is 17.2 Å². The zero-order chi connectivity index (χ0) is 15.4. The number of nitrogens with zero attached hydrogens (tertiary/aromatic N) is 1. The van der Waals surface area contributed by atoms with Gasteiger partial charge in [0.15, 0.2) is 11.5 Å². The molecule has 0 atom stereocenters. The van der Waals surface area contributed by atoms with Crippen molar-refractivity contribution in [2.45, 2.75) is 13.1 Å². The summed E-state index contributed by atoms with van der Waals surface area (Å²) in [6.45, 7) is 1.15. The minimum absolute atomic E-state index is 0.299. The Bertz CT molecular complexity index is 627. The third kappa shape index (κ3) is 3.58. The molecule has 21 heavy (non-hydrogen) atoms. The fourth-order valence-corrected chi connectivity index (χ4v) is 2.12. The fraction of sp³-hybridized carbons (Fsp3) is 0.250. The molecule has 0 bridgehead atoms. The number of anilines is 1. The average molecular weight is 288 g/mol. The van der Waals surface area contributed by atoms with Gasteiger partial charge >= 0.3 is 0 Å². The van der Waals surface area contributed by atoms with Crippen LogP contribution in [0.15, 0.2) is 36.4 Å². The number of hydrogen-bond acceptors (Lipinski definition) is 5. The summed E-state index contributed by atoms with van der Waals surface area (Å²) in [5.74, 6) is -1.12. The van der Waals surface area contributed by atoms with Crippen molar-refractivity contribution >= 4 is 5.69 Å². The number of benzene rings is 2. The molecule has 0 heterocycles. The summed E-state index contributed by atoms with van der Waals surface area (Å²) in [5.41, 5.74) is 2.63. The molecular weight excluding hydrogens is 268 g/mol. The predicted molar refractivity (Wildman–Crippen MR) is 82.6 cm³/mol. The molecule has 2 aromatic carbocycles. The standard InChI is InChI=1S/C16H20N2O3/c1-18(2)10-12-5-3-4-6-13(12)17-9-11-7-8-14(19)16(21)15(11)20/h3-8,17,19-21H,9-10H2,1-2H3. The highest BCUT2D eigenvalue weighted by atomic mass is 16.3. The predicted octanol–water partition coefficient (Wildman–Crippen LogP) is 2.48. The van der Waals surface area contributed by atoms with Crippen LogP contribution in [0.3, 0.4) is 0 Å². The lowest BCUT2D eigenvalue weighted by Gasteiger charge is -2.16. The van der Waals surface area contributed by atoms with Gasteiger partial charge in [0, 0.05) is 24.3 Å². The topological polar surface area (TPSA) is 76.0 Å². The van der Waals surface area contributed by atoms with Gasteiger partial charge in [-0.2, -0.15) is 0 Å². The van der Waals surface area contributed by atoms with Crippen molar-refractivity contribution in [1.82, 2.24) is 4.90 Å². The number of aromatic hydroxyl groups is 3. The summed E-state index contributed by atoms with van der Waals surface area (Å²) in [4.78, 5) is 2.07. The number of hydrogen-bond donors (Lipinski definition) is 4. The van der Waals surface area contributed by atoms with Crippen LogP contribution in [0.1, 0.15) is 11.1 Å². The molecule has 0 radical (unpaired) electrons. The Morgan fingerprint density at radius 2 is 1.62 bits per heavy atom. The lowest BCUT2D eigenvalue weighted by molar-refractivity contribution is 0.365. The van der Waals surface area contributed by atoms with Crippen molar-refractivity contribution in [3.05, 3.63) is 47.5 Å². The summed E-state index contributed by atoms with van der Waals surface area (Å²) in [6, 6.07) is 10.9. The first-order valence-corrected chi connectivity index (χ1v) is 6.68. The van der Waals surface area contributed by atoms with Gasteiger partial charge in [-0.05, 0) is 37.9 Å². The van der Waals surface area contributed by atoms with Crippen LogP contribution in [-0.2, 0) is 13.1 Å². The highest BCUT2D eigenvalue weighted by Crippen LogP contribution is 2.37. The number of para-hydroxylation sites is 1. The molecule has 5 heteroatoms. The Kier molecular flexibility index (Phi) is 4.55. The molecule has 0 fully saturated rings. The molecule has 112 valence electrons. The lowest BCUT2D eigenvalue weighted by atomic mass is 10.1. The Morgan fingerprint density at radius 3 is 2.33 bits per heavy atom. The Balaban J connectivity index is 2.15. The first-order chi connectivity index (χ1) is 9.99. The quantitative estimate of drug-likeness (QED) is 0.636. The minimum Gasteiger partial charge on any atom is -0.504 e. The van der Waals surface area contributed by atoms with E-state index in [1.807, 2.05) is 38.4 Å². The van der Waals surface area contributed by atoms with E-state index in [0.717, 1.165) is 17.8 Å². The van der Waals surface area contributed by atoms with Gasteiger partial charge in [-0.3, -0.25) is 0 Å². The van der Waals surface area contributed by atoms with E-state index in [0.29, 0.717) is 12.1 Å². The highest BCUT2D eigenvalue weighted by molar-refractivity contribution is 5.56. The van der Waals surface area contributed by atoms with Gasteiger partial charge in [-0.1, -0.05) is 18.2 Å². The SMILES string of the molecule is CN(C)Cc1ccccc1NCc1ccc(O)c(O)c1O. The van der Waals surface area contributed by atoms with E-state index in [1.54, 1.807) is 6.07 Å². The third-order valence-electron chi connectivity index (χ3n) is 3.19. The lowest BCUT2D eigenvalue weighted by Crippen LogP contribution is -2.12. The second-order valence-corrected chi connectivity index (χ2v) is 5.19. The van der Waals surface area contributed by atoms with Gasteiger partial charge < -0.3 is 25.5 Å². The van der Waals surface area contributed by atoms with E-state index in [4.69, 9.17) is 0 Å². The molecule has 5 nitrogen and oxygen atoms in total. The highest BCUT2D eigenvalue weighted by Gasteiger charge is 2.11. The van der Waals surface area contributed by atoms with E-state index in [1.165, 1.54) is 6.07 Å². The van der Waals surface area contributed by atoms with E-state index in [2.05, 4.69) is 10.2 Å². The second kappa shape index (κ2) is 6.37. The Hall–Kier alpha value is -2.40. The molecule has 0 aliphatic heterocycles. The third-order valence-corrected chi connectivity index (χ3v) is 3.19. The summed E-state index contributed by atoms with van der Waals surface area (Å²) in [6.07, 6.45) is 0. The normalized spacial score (nSPS) is 10.8. The smallest absolute Gasteiger partial charge is 0.200 e. The molecule has 0 aliphatic rings. The van der Waals surface area contributed by atoms with Gasteiger partial charge in [0.2, 0.25) is 5.75 Å². The van der Waals surface area contributed by atoms with Crippen LogP contribution >= 0.6 is 0 Å². The molecule has 0 saturated carbocycles. The Labute approximate surface area is 124 Å². The summed E-state index contributed by atoms with van der Waals surface area (Å²) < 4.78 is 0. The molecule has 0 aromatic heterocycles. The molecular formula is C16H20N2O3. The largest absolute Gasteiger partial charge is 0.504 e. The van der Waals surface area contributed by atoms with Crippen molar-refractivity contribution in [2.75, 3.05) is 19.4 Å². The Morgan fingerprint density at radius 1 is 0.905 bits per heavy atom. The molecule has 0 unspecified atom stereocenters. The van der Waals surface area contributed by atoms with Gasteiger partial charge in [-0.15, -0.1) is 0 Å². The molecule has 0 spiro atoms. The number of nitrogens with one attached hydrogen (secondary N) is 1. The molecule has 2 rings (SSSR count). The van der Waals surface area contributed by atoms with Crippen molar-refractivity contribution in [2.24, 2.45) is 0 Å². The van der Waals surface area contributed by atoms with E-state index in [9.17, 15) is 15.3 Å². The minimum atomic E-state index is -0.490. The van der Waals surface area contributed by atoms with Crippen molar-refractivity contribution in [3.8, 4) is 17.2 Å². The van der Waals surface area contributed by atoms with E-state index in [-0.39, 0.29) is 11.5 Å². The molecule has 0 saturated heterocycles. The van der Waals surface area contributed by atoms with Crippen LogP contribution in [0.2, 0.25) is 0 Å². The maximum Gasteiger partial charge on any atom is 0.200 e. The van der Waals surface area contributed by atoms with Crippen LogP contribution in [0.4, 0.5) is 5.69 Å². The van der Waals surface area contributed by atoms with E-state index < -0.39 is 5.75 Å². The van der Waals surface area contributed by atoms with Crippen molar-refractivity contribution in [1.29, 1.82) is 0 Å². The van der Waals surface area contributed by atoms with Gasteiger partial charge in [0.25, 0.3) is 0 Å². The summed E-state index contributed by atoms with van der Waals surface area (Å²) >= 11 is 0. The van der Waals surface area contributed by atoms with Gasteiger partial charge in [0.1, 0.15) is 0 Å². The molecule has 0 amide bonds. The maximum absolute atomic E-state index is 9.81. The van der Waals surface area contributed by atoms with Crippen LogP contribution < -0.4 is 5.32 Å². The van der Waals surface area contributed by atoms with E-state index >= 15 is 0 Å². The molecule has 4 N–H and O–H groups in total. The summed E-state index contributed by atoms with van der Waals surface area (Å²) in [5, 5.41) is 31.9. The molecule has 0 aliphatic carbocycles. The number of rotatable bonds is 5. The second-order valence-electron chi connectivity index (χ2n) is 5.19. The average Bonchev–Trinajstić information content (AvgIpc) is 2.45. The zero-order valence-electron chi connectivity index (χ0n) is 12.2. The van der Waals surface area contributed by atoms with Gasteiger partial charge in [0.05, 0.1) is 0 Å². The number of phenolic OH excluding ortho intramolecular Hbond substituents is 3. The van der Waals surface area contributed by atoms with Gasteiger partial charge in [-0.25, -0.2) is 0 Å². The van der Waals surface area contributed by atoms with Crippen LogP contribution in [0, 0.1) is 0 Å². The first kappa shape index (κ1) is 15.0. The maximum atomic E-state index is 9.81.